The topological polar surface area (TPSA) is 64.1 Å². The van der Waals surface area contributed by atoms with E-state index in [-0.39, 0.29) is 12.4 Å². The zero-order valence-corrected chi connectivity index (χ0v) is 11.9. The molecule has 0 unspecified atom stereocenters. The first-order valence-electron chi connectivity index (χ1n) is 5.81. The van der Waals surface area contributed by atoms with Gasteiger partial charge in [-0.1, -0.05) is 0 Å². The van der Waals surface area contributed by atoms with E-state index in [0.29, 0.717) is 5.69 Å². The van der Waals surface area contributed by atoms with Gasteiger partial charge in [-0.25, -0.2) is 4.98 Å². The maximum Gasteiger partial charge on any atom is 0.311 e. The molecular formula is C13H15N3O2S. The summed E-state index contributed by atoms with van der Waals surface area (Å²) in [4.78, 5) is 19.9. The van der Waals surface area contributed by atoms with Crippen molar-refractivity contribution in [2.45, 2.75) is 20.3 Å². The lowest BCUT2D eigenvalue weighted by Gasteiger charge is -2.06. The van der Waals surface area contributed by atoms with Crippen LogP contribution in [0.4, 0.5) is 10.8 Å². The molecule has 0 aliphatic carbocycles. The van der Waals surface area contributed by atoms with Gasteiger partial charge in [-0.2, -0.15) is 0 Å². The Morgan fingerprint density at radius 2 is 2.16 bits per heavy atom. The molecular weight excluding hydrogens is 262 g/mol. The van der Waals surface area contributed by atoms with Crippen LogP contribution in [0.15, 0.2) is 17.5 Å². The molecule has 0 bridgehead atoms. The first-order chi connectivity index (χ1) is 9.08. The van der Waals surface area contributed by atoms with E-state index >= 15 is 0 Å². The summed E-state index contributed by atoms with van der Waals surface area (Å²) in [7, 11) is 1.37. The molecule has 0 amide bonds. The third kappa shape index (κ3) is 3.51. The number of nitrogens with one attached hydrogen (secondary N) is 1. The molecule has 0 aliphatic rings. The number of hydrogen-bond acceptors (Lipinski definition) is 6. The SMILES string of the molecule is COC(=O)Cc1csc(Nc2ccc(C)nc2C)n1. The summed E-state index contributed by atoms with van der Waals surface area (Å²) in [5.41, 5.74) is 3.53. The van der Waals surface area contributed by atoms with Gasteiger partial charge >= 0.3 is 5.97 Å². The number of aryl methyl sites for hydroxylation is 2. The van der Waals surface area contributed by atoms with E-state index in [4.69, 9.17) is 0 Å². The predicted octanol–water partition coefficient (Wildman–Crippen LogP) is 2.61. The standard InChI is InChI=1S/C13H15N3O2S/c1-8-4-5-11(9(2)14-8)16-13-15-10(7-19-13)6-12(17)18-3/h4-5,7H,6H2,1-3H3,(H,15,16). The maximum absolute atomic E-state index is 11.2. The Hall–Kier alpha value is -1.95. The van der Waals surface area contributed by atoms with Crippen LogP contribution in [-0.2, 0) is 16.0 Å². The molecule has 6 heteroatoms. The van der Waals surface area contributed by atoms with Crippen LogP contribution in [-0.4, -0.2) is 23.0 Å². The quantitative estimate of drug-likeness (QED) is 0.870. The summed E-state index contributed by atoms with van der Waals surface area (Å²) in [5.74, 6) is -0.287. The minimum absolute atomic E-state index is 0.194. The fourth-order valence-electron chi connectivity index (χ4n) is 1.60. The number of nitrogens with zero attached hydrogens (tertiary/aromatic N) is 2. The molecule has 0 saturated heterocycles. The van der Waals surface area contributed by atoms with Gasteiger partial charge in [0.25, 0.3) is 0 Å². The van der Waals surface area contributed by atoms with Crippen LogP contribution < -0.4 is 5.32 Å². The van der Waals surface area contributed by atoms with Crippen LogP contribution in [0.1, 0.15) is 17.1 Å². The van der Waals surface area contributed by atoms with E-state index in [0.717, 1.165) is 22.2 Å². The highest BCUT2D eigenvalue weighted by atomic mass is 32.1. The Bertz CT molecular complexity index is 595. The van der Waals surface area contributed by atoms with Gasteiger partial charge in [0.15, 0.2) is 5.13 Å². The summed E-state index contributed by atoms with van der Waals surface area (Å²) < 4.78 is 4.61. The molecule has 0 aliphatic heterocycles. The Morgan fingerprint density at radius 1 is 1.37 bits per heavy atom. The summed E-state index contributed by atoms with van der Waals surface area (Å²) >= 11 is 1.45. The molecule has 0 radical (unpaired) electrons. The Kier molecular flexibility index (Phi) is 4.11. The average molecular weight is 277 g/mol. The van der Waals surface area contributed by atoms with Crippen molar-refractivity contribution in [3.63, 3.8) is 0 Å². The summed E-state index contributed by atoms with van der Waals surface area (Å²) in [6, 6.07) is 3.91. The van der Waals surface area contributed by atoms with Gasteiger partial charge in [0.05, 0.1) is 30.6 Å². The van der Waals surface area contributed by atoms with Gasteiger partial charge in [0.2, 0.25) is 0 Å². The van der Waals surface area contributed by atoms with E-state index < -0.39 is 0 Å². The molecule has 0 atom stereocenters. The largest absolute Gasteiger partial charge is 0.469 e. The normalized spacial score (nSPS) is 10.3. The average Bonchev–Trinajstić information content (AvgIpc) is 2.80. The fourth-order valence-corrected chi connectivity index (χ4v) is 2.32. The van der Waals surface area contributed by atoms with Crippen molar-refractivity contribution in [3.05, 3.63) is 34.6 Å². The number of anilines is 2. The van der Waals surface area contributed by atoms with Gasteiger partial charge in [0, 0.05) is 11.1 Å². The molecule has 19 heavy (non-hydrogen) atoms. The minimum atomic E-state index is -0.287. The van der Waals surface area contributed by atoms with Gasteiger partial charge in [-0.3, -0.25) is 9.78 Å². The highest BCUT2D eigenvalue weighted by Gasteiger charge is 2.08. The van der Waals surface area contributed by atoms with Crippen LogP contribution in [0.3, 0.4) is 0 Å². The second-order valence-electron chi connectivity index (χ2n) is 4.11. The van der Waals surface area contributed by atoms with Gasteiger partial charge in [-0.15, -0.1) is 11.3 Å². The van der Waals surface area contributed by atoms with Crippen molar-refractivity contribution < 1.29 is 9.53 Å². The lowest BCUT2D eigenvalue weighted by atomic mass is 10.3. The number of carbonyl (C=O) groups is 1. The molecule has 0 fully saturated rings. The lowest BCUT2D eigenvalue weighted by Crippen LogP contribution is -2.04. The molecule has 5 nitrogen and oxygen atoms in total. The summed E-state index contributed by atoms with van der Waals surface area (Å²) in [5, 5.41) is 5.79. The smallest absolute Gasteiger partial charge is 0.311 e. The first kappa shape index (κ1) is 13.5. The molecule has 0 spiro atoms. The van der Waals surface area contributed by atoms with Crippen LogP contribution in [0, 0.1) is 13.8 Å². The number of carbonyl (C=O) groups excluding carboxylic acids is 1. The monoisotopic (exact) mass is 277 g/mol. The Balaban J connectivity index is 2.09. The van der Waals surface area contributed by atoms with Crippen LogP contribution in [0.2, 0.25) is 0 Å². The van der Waals surface area contributed by atoms with E-state index in [1.807, 2.05) is 31.4 Å². The van der Waals surface area contributed by atoms with E-state index in [9.17, 15) is 4.79 Å². The van der Waals surface area contributed by atoms with Crippen molar-refractivity contribution in [3.8, 4) is 0 Å². The van der Waals surface area contributed by atoms with Crippen molar-refractivity contribution in [2.75, 3.05) is 12.4 Å². The second-order valence-corrected chi connectivity index (χ2v) is 4.97. The molecule has 1 N–H and O–H groups in total. The molecule has 0 aromatic carbocycles. The highest BCUT2D eigenvalue weighted by molar-refractivity contribution is 7.13. The molecule has 100 valence electrons. The number of methoxy groups -OCH3 is 1. The molecule has 2 aromatic heterocycles. The molecule has 2 rings (SSSR count). The zero-order chi connectivity index (χ0) is 13.8. The number of hydrogen-bond donors (Lipinski definition) is 1. The van der Waals surface area contributed by atoms with Crippen molar-refractivity contribution in [1.82, 2.24) is 9.97 Å². The maximum atomic E-state index is 11.2. The Labute approximate surface area is 115 Å². The zero-order valence-electron chi connectivity index (χ0n) is 11.1. The number of rotatable bonds is 4. The number of pyridine rings is 1. The van der Waals surface area contributed by atoms with Gasteiger partial charge < -0.3 is 10.1 Å². The fraction of sp³-hybridized carbons (Fsp3) is 0.308. The van der Waals surface area contributed by atoms with Crippen molar-refractivity contribution in [2.24, 2.45) is 0 Å². The van der Waals surface area contributed by atoms with Crippen LogP contribution in [0.5, 0.6) is 0 Å². The summed E-state index contributed by atoms with van der Waals surface area (Å²) in [6.45, 7) is 3.90. The van der Waals surface area contributed by atoms with Crippen LogP contribution >= 0.6 is 11.3 Å². The van der Waals surface area contributed by atoms with Gasteiger partial charge in [0.1, 0.15) is 0 Å². The number of thiazole rings is 1. The third-order valence-corrected chi connectivity index (χ3v) is 3.38. The Morgan fingerprint density at radius 3 is 2.84 bits per heavy atom. The van der Waals surface area contributed by atoms with E-state index in [2.05, 4.69) is 20.0 Å². The number of ether oxygens (including phenoxy) is 1. The van der Waals surface area contributed by atoms with E-state index in [1.54, 1.807) is 0 Å². The van der Waals surface area contributed by atoms with Gasteiger partial charge in [-0.05, 0) is 26.0 Å². The number of aromatic nitrogens is 2. The number of esters is 1. The van der Waals surface area contributed by atoms with Crippen molar-refractivity contribution >= 4 is 28.1 Å². The van der Waals surface area contributed by atoms with Crippen molar-refractivity contribution in [1.29, 1.82) is 0 Å². The van der Waals surface area contributed by atoms with E-state index in [1.165, 1.54) is 18.4 Å². The lowest BCUT2D eigenvalue weighted by molar-refractivity contribution is -0.139. The molecule has 2 heterocycles. The predicted molar refractivity (Wildman–Crippen MR) is 74.8 cm³/mol. The van der Waals surface area contributed by atoms with Crippen LogP contribution in [0.25, 0.3) is 0 Å². The molecule has 0 saturated carbocycles. The minimum Gasteiger partial charge on any atom is -0.469 e. The molecule has 2 aromatic rings. The first-order valence-corrected chi connectivity index (χ1v) is 6.69. The summed E-state index contributed by atoms with van der Waals surface area (Å²) in [6.07, 6.45) is 0.194. The second kappa shape index (κ2) is 5.79. The third-order valence-electron chi connectivity index (χ3n) is 2.57. The highest BCUT2D eigenvalue weighted by Crippen LogP contribution is 2.23.